The molecule has 0 radical (unpaired) electrons. The first kappa shape index (κ1) is 18.3. The summed E-state index contributed by atoms with van der Waals surface area (Å²) in [6, 6.07) is 4.15. The molecule has 2 aromatic rings. The normalized spacial score (nSPS) is 24.3. The standard InChI is InChI=1S/C21H30N4O2/c1-21(18-14-24-10-4-6-17(24)19(22-18)23(2)3)9-5-11-25(15-21)20(26)16-7-12-27-13-8-16/h4,6,10,14,16H,5,7-9,11-13,15H2,1-3H3/t21-/m0/s1. The van der Waals surface area contributed by atoms with Crippen molar-refractivity contribution in [1.29, 1.82) is 0 Å². The van der Waals surface area contributed by atoms with E-state index in [2.05, 4.69) is 45.7 Å². The van der Waals surface area contributed by atoms with E-state index in [0.29, 0.717) is 19.1 Å². The van der Waals surface area contributed by atoms with Gasteiger partial charge < -0.3 is 18.9 Å². The van der Waals surface area contributed by atoms with Crippen LogP contribution in [0.4, 0.5) is 5.82 Å². The average molecular weight is 370 g/mol. The van der Waals surface area contributed by atoms with Crippen LogP contribution in [0.15, 0.2) is 24.5 Å². The minimum absolute atomic E-state index is 0.123. The average Bonchev–Trinajstić information content (AvgIpc) is 3.16. The highest BCUT2D eigenvalue weighted by Gasteiger charge is 2.38. The molecule has 0 unspecified atom stereocenters. The van der Waals surface area contributed by atoms with E-state index in [9.17, 15) is 4.79 Å². The van der Waals surface area contributed by atoms with E-state index in [4.69, 9.17) is 9.72 Å². The summed E-state index contributed by atoms with van der Waals surface area (Å²) in [4.78, 5) is 22.2. The van der Waals surface area contributed by atoms with Crippen LogP contribution in [0.2, 0.25) is 0 Å². The van der Waals surface area contributed by atoms with Gasteiger partial charge in [0.1, 0.15) is 0 Å². The first-order valence-corrected chi connectivity index (χ1v) is 10.00. The Morgan fingerprint density at radius 1 is 1.33 bits per heavy atom. The highest BCUT2D eigenvalue weighted by atomic mass is 16.5. The number of hydrogen-bond acceptors (Lipinski definition) is 4. The molecule has 2 aliphatic rings. The van der Waals surface area contributed by atoms with Gasteiger partial charge in [-0.3, -0.25) is 4.79 Å². The Kier molecular flexibility index (Phi) is 4.84. The van der Waals surface area contributed by atoms with Gasteiger partial charge in [-0.15, -0.1) is 0 Å². The summed E-state index contributed by atoms with van der Waals surface area (Å²) in [6.45, 7) is 5.28. The minimum atomic E-state index is -0.123. The number of likely N-dealkylation sites (tertiary alicyclic amines) is 1. The van der Waals surface area contributed by atoms with Crippen molar-refractivity contribution < 1.29 is 9.53 Å². The molecular formula is C21H30N4O2. The fourth-order valence-corrected chi connectivity index (χ4v) is 4.49. The van der Waals surface area contributed by atoms with Crippen molar-refractivity contribution in [1.82, 2.24) is 14.3 Å². The van der Waals surface area contributed by atoms with E-state index in [1.807, 2.05) is 14.1 Å². The number of ether oxygens (including phenoxy) is 1. The molecule has 6 nitrogen and oxygen atoms in total. The van der Waals surface area contributed by atoms with Gasteiger partial charge in [-0.25, -0.2) is 4.98 Å². The van der Waals surface area contributed by atoms with Gasteiger partial charge in [-0.1, -0.05) is 6.92 Å². The van der Waals surface area contributed by atoms with Gasteiger partial charge in [0, 0.05) is 64.1 Å². The smallest absolute Gasteiger partial charge is 0.225 e. The van der Waals surface area contributed by atoms with E-state index in [0.717, 1.165) is 55.8 Å². The molecule has 1 amide bonds. The largest absolute Gasteiger partial charge is 0.381 e. The number of piperidine rings is 1. The minimum Gasteiger partial charge on any atom is -0.381 e. The van der Waals surface area contributed by atoms with Gasteiger partial charge in [0.15, 0.2) is 5.82 Å². The molecule has 2 saturated heterocycles. The highest BCUT2D eigenvalue weighted by Crippen LogP contribution is 2.35. The summed E-state index contributed by atoms with van der Waals surface area (Å²) in [5, 5.41) is 0. The lowest BCUT2D eigenvalue weighted by Crippen LogP contribution is -2.50. The van der Waals surface area contributed by atoms with E-state index >= 15 is 0 Å². The molecular weight excluding hydrogens is 340 g/mol. The Morgan fingerprint density at radius 2 is 2.11 bits per heavy atom. The third kappa shape index (κ3) is 3.43. The molecule has 0 aromatic carbocycles. The number of aromatic nitrogens is 2. The summed E-state index contributed by atoms with van der Waals surface area (Å²) in [6.07, 6.45) is 8.00. The van der Waals surface area contributed by atoms with Gasteiger partial charge in [0.05, 0.1) is 11.2 Å². The first-order valence-electron chi connectivity index (χ1n) is 10.00. The van der Waals surface area contributed by atoms with Crippen molar-refractivity contribution in [2.75, 3.05) is 45.3 Å². The van der Waals surface area contributed by atoms with Crippen LogP contribution in [0.1, 0.15) is 38.3 Å². The summed E-state index contributed by atoms with van der Waals surface area (Å²) >= 11 is 0. The van der Waals surface area contributed by atoms with Crippen molar-refractivity contribution in [3.63, 3.8) is 0 Å². The van der Waals surface area contributed by atoms with Crippen LogP contribution in [-0.2, 0) is 14.9 Å². The third-order valence-corrected chi connectivity index (χ3v) is 6.12. The van der Waals surface area contributed by atoms with E-state index in [-0.39, 0.29) is 11.3 Å². The van der Waals surface area contributed by atoms with Crippen molar-refractivity contribution in [3.05, 3.63) is 30.2 Å². The van der Waals surface area contributed by atoms with Crippen LogP contribution in [0, 0.1) is 5.92 Å². The van der Waals surface area contributed by atoms with Crippen LogP contribution in [0.25, 0.3) is 5.52 Å². The second-order valence-corrected chi connectivity index (χ2v) is 8.46. The zero-order valence-electron chi connectivity index (χ0n) is 16.6. The highest BCUT2D eigenvalue weighted by molar-refractivity contribution is 5.79. The van der Waals surface area contributed by atoms with Gasteiger partial charge in [0.25, 0.3) is 0 Å². The van der Waals surface area contributed by atoms with Crippen LogP contribution in [-0.4, -0.2) is 60.6 Å². The predicted molar refractivity (Wildman–Crippen MR) is 106 cm³/mol. The second-order valence-electron chi connectivity index (χ2n) is 8.46. The Hall–Kier alpha value is -2.08. The zero-order chi connectivity index (χ0) is 19.0. The molecule has 0 bridgehead atoms. The van der Waals surface area contributed by atoms with Crippen molar-refractivity contribution in [2.45, 2.75) is 38.0 Å². The number of carbonyl (C=O) groups is 1. The second kappa shape index (κ2) is 7.15. The van der Waals surface area contributed by atoms with Crippen molar-refractivity contribution >= 4 is 17.2 Å². The van der Waals surface area contributed by atoms with Crippen LogP contribution < -0.4 is 4.90 Å². The van der Waals surface area contributed by atoms with Crippen molar-refractivity contribution in [2.24, 2.45) is 5.92 Å². The van der Waals surface area contributed by atoms with Gasteiger partial charge in [-0.05, 0) is 37.8 Å². The number of amides is 1. The van der Waals surface area contributed by atoms with Gasteiger partial charge in [-0.2, -0.15) is 0 Å². The molecule has 0 spiro atoms. The Labute approximate surface area is 161 Å². The molecule has 0 aliphatic carbocycles. The van der Waals surface area contributed by atoms with E-state index in [1.165, 1.54) is 0 Å². The van der Waals surface area contributed by atoms with Crippen molar-refractivity contribution in [3.8, 4) is 0 Å². The molecule has 1 atom stereocenters. The SMILES string of the molecule is CN(C)c1nc([C@@]2(C)CCCN(C(=O)C3CCOCC3)C2)cn2cccc12. The Bertz CT molecular complexity index is 825. The maximum atomic E-state index is 13.1. The molecule has 2 fully saturated rings. The monoisotopic (exact) mass is 370 g/mol. The Balaban J connectivity index is 1.62. The summed E-state index contributed by atoms with van der Waals surface area (Å²) in [5.41, 5.74) is 2.06. The van der Waals surface area contributed by atoms with Crippen LogP contribution >= 0.6 is 0 Å². The van der Waals surface area contributed by atoms with E-state index in [1.54, 1.807) is 0 Å². The zero-order valence-corrected chi connectivity index (χ0v) is 16.6. The summed E-state index contributed by atoms with van der Waals surface area (Å²) in [7, 11) is 4.06. The summed E-state index contributed by atoms with van der Waals surface area (Å²) in [5.74, 6) is 1.41. The lowest BCUT2D eigenvalue weighted by Gasteiger charge is -2.42. The lowest BCUT2D eigenvalue weighted by atomic mass is 9.78. The maximum absolute atomic E-state index is 13.1. The molecule has 4 heterocycles. The molecule has 146 valence electrons. The number of nitrogens with zero attached hydrogens (tertiary/aromatic N) is 4. The van der Waals surface area contributed by atoms with E-state index < -0.39 is 0 Å². The number of rotatable bonds is 3. The molecule has 0 saturated carbocycles. The molecule has 27 heavy (non-hydrogen) atoms. The number of anilines is 1. The number of carbonyl (C=O) groups excluding carboxylic acids is 1. The van der Waals surface area contributed by atoms with Gasteiger partial charge >= 0.3 is 0 Å². The number of fused-ring (bicyclic) bond motifs is 1. The molecule has 4 rings (SSSR count). The molecule has 2 aromatic heterocycles. The molecule has 0 N–H and O–H groups in total. The van der Waals surface area contributed by atoms with Gasteiger partial charge in [0.2, 0.25) is 5.91 Å². The molecule has 2 aliphatic heterocycles. The number of hydrogen-bond donors (Lipinski definition) is 0. The molecule has 6 heteroatoms. The Morgan fingerprint density at radius 3 is 2.85 bits per heavy atom. The fourth-order valence-electron chi connectivity index (χ4n) is 4.49. The maximum Gasteiger partial charge on any atom is 0.225 e. The quantitative estimate of drug-likeness (QED) is 0.834. The predicted octanol–water partition coefficient (Wildman–Crippen LogP) is 2.71. The van der Waals surface area contributed by atoms with Crippen LogP contribution in [0.3, 0.4) is 0 Å². The first-order chi connectivity index (χ1) is 13.0. The topological polar surface area (TPSA) is 50.1 Å². The van der Waals surface area contributed by atoms with Crippen LogP contribution in [0.5, 0.6) is 0 Å². The summed E-state index contributed by atoms with van der Waals surface area (Å²) < 4.78 is 7.58. The fraction of sp³-hybridized carbons (Fsp3) is 0.619. The lowest BCUT2D eigenvalue weighted by molar-refractivity contribution is -0.140. The third-order valence-electron chi connectivity index (χ3n) is 6.12.